The van der Waals surface area contributed by atoms with Gasteiger partial charge in [-0.3, -0.25) is 0 Å². The lowest BCUT2D eigenvalue weighted by Gasteiger charge is -2.23. The molecule has 0 saturated heterocycles. The molecule has 59 heavy (non-hydrogen) atoms. The second-order valence-electron chi connectivity index (χ2n) is 15.8. The third-order valence-electron chi connectivity index (χ3n) is 11.9. The molecule has 2 aromatic heterocycles. The highest BCUT2D eigenvalue weighted by Crippen LogP contribution is 2.54. The van der Waals surface area contributed by atoms with Crippen LogP contribution in [0.25, 0.3) is 100 Å². The van der Waals surface area contributed by atoms with Gasteiger partial charge in [0.05, 0.1) is 22.4 Å². The van der Waals surface area contributed by atoms with Crippen molar-refractivity contribution >= 4 is 21.8 Å². The quantitative estimate of drug-likeness (QED) is 0.170. The molecule has 1 aliphatic carbocycles. The van der Waals surface area contributed by atoms with Crippen molar-refractivity contribution in [3.05, 3.63) is 205 Å². The number of benzene rings is 8. The number of nitrogens with zero attached hydrogens (tertiary/aromatic N) is 4. The second kappa shape index (κ2) is 13.8. The Hall–Kier alpha value is -7.56. The Bertz CT molecular complexity index is 3210. The Morgan fingerprint density at radius 2 is 0.763 bits per heavy atom. The fourth-order valence-electron chi connectivity index (χ4n) is 8.96. The van der Waals surface area contributed by atoms with Gasteiger partial charge in [-0.25, -0.2) is 19.9 Å². The van der Waals surface area contributed by atoms with Gasteiger partial charge in [-0.2, -0.15) is 0 Å². The van der Waals surface area contributed by atoms with Gasteiger partial charge < -0.3 is 0 Å². The number of para-hydroxylation sites is 2. The highest BCUT2D eigenvalue weighted by Gasteiger charge is 2.37. The molecule has 4 heteroatoms. The van der Waals surface area contributed by atoms with Crippen LogP contribution in [-0.4, -0.2) is 19.9 Å². The van der Waals surface area contributed by atoms with Crippen LogP contribution in [0, 0.1) is 0 Å². The molecule has 1 aliphatic rings. The van der Waals surface area contributed by atoms with Crippen molar-refractivity contribution in [1.82, 2.24) is 19.9 Å². The maximum Gasteiger partial charge on any atom is 0.160 e. The topological polar surface area (TPSA) is 51.6 Å². The summed E-state index contributed by atoms with van der Waals surface area (Å²) in [6.07, 6.45) is 0. The predicted molar refractivity (Wildman–Crippen MR) is 243 cm³/mol. The number of hydrogen-bond donors (Lipinski definition) is 0. The molecule has 0 bridgehead atoms. The average molecular weight is 755 g/mol. The highest BCUT2D eigenvalue weighted by molar-refractivity contribution is 6.01. The maximum atomic E-state index is 5.17. The SMILES string of the molecule is CC1(C)c2ccccc2-c2c1ccc(-c1ccc(-c3nc(-c4ccccc4)c4ccccc4n3)cc1)c2-c1ccc(-c2nc(-c3ccccc3)c3ccccc3n2)cc1. The first-order valence-corrected chi connectivity index (χ1v) is 20.1. The van der Waals surface area contributed by atoms with Crippen LogP contribution in [0.1, 0.15) is 25.0 Å². The highest BCUT2D eigenvalue weighted by atomic mass is 14.9. The van der Waals surface area contributed by atoms with Crippen molar-refractivity contribution < 1.29 is 0 Å². The number of hydrogen-bond acceptors (Lipinski definition) is 4. The van der Waals surface area contributed by atoms with Crippen LogP contribution in [0.3, 0.4) is 0 Å². The molecular formula is C55H38N4. The summed E-state index contributed by atoms with van der Waals surface area (Å²) in [5, 5.41) is 2.08. The van der Waals surface area contributed by atoms with Gasteiger partial charge in [-0.05, 0) is 56.6 Å². The van der Waals surface area contributed by atoms with Gasteiger partial charge in [-0.15, -0.1) is 0 Å². The van der Waals surface area contributed by atoms with E-state index in [2.05, 4.69) is 178 Å². The van der Waals surface area contributed by atoms with E-state index < -0.39 is 0 Å². The average Bonchev–Trinajstić information content (AvgIpc) is 3.54. The lowest BCUT2D eigenvalue weighted by Crippen LogP contribution is -2.14. The van der Waals surface area contributed by atoms with E-state index in [1.807, 2.05) is 30.3 Å². The smallest absolute Gasteiger partial charge is 0.160 e. The zero-order chi connectivity index (χ0) is 39.5. The van der Waals surface area contributed by atoms with E-state index in [-0.39, 0.29) is 5.41 Å². The molecule has 4 nitrogen and oxygen atoms in total. The lowest BCUT2D eigenvalue weighted by atomic mass is 9.80. The monoisotopic (exact) mass is 754 g/mol. The first-order valence-electron chi connectivity index (χ1n) is 20.1. The zero-order valence-electron chi connectivity index (χ0n) is 32.8. The third-order valence-corrected chi connectivity index (χ3v) is 11.9. The number of aromatic nitrogens is 4. The summed E-state index contributed by atoms with van der Waals surface area (Å²) in [7, 11) is 0. The minimum atomic E-state index is -0.139. The normalized spacial score (nSPS) is 12.7. The molecule has 0 N–H and O–H groups in total. The first-order chi connectivity index (χ1) is 29.0. The standard InChI is InChI=1S/C55H38N4/c1-55(2)45-22-12-9-19-42(45)50-46(55)34-33-41(35-25-29-39(30-26-35)53-56-47-23-13-10-20-43(47)51(58-53)37-15-5-3-6-16-37)49(50)36-27-31-40(32-28-36)54-57-48-24-14-11-21-44(48)52(59-54)38-17-7-4-8-18-38/h3-34H,1-2H3. The minimum absolute atomic E-state index is 0.139. The van der Waals surface area contributed by atoms with E-state index in [0.717, 1.165) is 66.6 Å². The summed E-state index contributed by atoms with van der Waals surface area (Å²) >= 11 is 0. The third kappa shape index (κ3) is 5.83. The Kier molecular flexibility index (Phi) is 8.12. The lowest BCUT2D eigenvalue weighted by molar-refractivity contribution is 0.660. The molecular weight excluding hydrogens is 717 g/mol. The molecule has 11 rings (SSSR count). The molecule has 0 atom stereocenters. The van der Waals surface area contributed by atoms with Crippen molar-refractivity contribution in [2.24, 2.45) is 0 Å². The Labute approximate surface area is 343 Å². The number of fused-ring (bicyclic) bond motifs is 5. The molecule has 0 amide bonds. The van der Waals surface area contributed by atoms with Crippen molar-refractivity contribution in [3.8, 4) is 78.7 Å². The molecule has 0 radical (unpaired) electrons. The summed E-state index contributed by atoms with van der Waals surface area (Å²) in [6, 6.07) is 68.4. The molecule has 0 unspecified atom stereocenters. The van der Waals surface area contributed by atoms with Crippen molar-refractivity contribution in [1.29, 1.82) is 0 Å². The summed E-state index contributed by atoms with van der Waals surface area (Å²) in [4.78, 5) is 20.4. The Morgan fingerprint density at radius 1 is 0.305 bits per heavy atom. The first kappa shape index (κ1) is 34.7. The molecule has 2 heterocycles. The van der Waals surface area contributed by atoms with Crippen LogP contribution < -0.4 is 0 Å². The maximum absolute atomic E-state index is 5.17. The van der Waals surface area contributed by atoms with Gasteiger partial charge in [0.15, 0.2) is 11.6 Å². The molecule has 10 aromatic rings. The molecule has 278 valence electrons. The van der Waals surface area contributed by atoms with Crippen LogP contribution in [0.4, 0.5) is 0 Å². The molecule has 0 fully saturated rings. The van der Waals surface area contributed by atoms with Crippen molar-refractivity contribution in [2.75, 3.05) is 0 Å². The largest absolute Gasteiger partial charge is 0.228 e. The minimum Gasteiger partial charge on any atom is -0.228 e. The van der Waals surface area contributed by atoms with Gasteiger partial charge >= 0.3 is 0 Å². The van der Waals surface area contributed by atoms with Crippen LogP contribution in [0.5, 0.6) is 0 Å². The molecule has 0 saturated carbocycles. The van der Waals surface area contributed by atoms with E-state index >= 15 is 0 Å². The summed E-state index contributed by atoms with van der Waals surface area (Å²) in [5.74, 6) is 1.42. The van der Waals surface area contributed by atoms with Gasteiger partial charge in [0.2, 0.25) is 0 Å². The summed E-state index contributed by atoms with van der Waals surface area (Å²) < 4.78 is 0. The van der Waals surface area contributed by atoms with Crippen molar-refractivity contribution in [2.45, 2.75) is 19.3 Å². The van der Waals surface area contributed by atoms with E-state index in [4.69, 9.17) is 19.9 Å². The van der Waals surface area contributed by atoms with Crippen LogP contribution in [0.15, 0.2) is 194 Å². The Balaban J connectivity index is 1.04. The summed E-state index contributed by atoms with van der Waals surface area (Å²) in [5.41, 5.74) is 17.6. The molecule has 8 aromatic carbocycles. The fourth-order valence-corrected chi connectivity index (χ4v) is 8.96. The van der Waals surface area contributed by atoms with Gasteiger partial charge in [0.25, 0.3) is 0 Å². The number of rotatable bonds is 6. The van der Waals surface area contributed by atoms with Gasteiger partial charge in [0.1, 0.15) is 0 Å². The zero-order valence-corrected chi connectivity index (χ0v) is 32.8. The summed E-state index contributed by atoms with van der Waals surface area (Å²) in [6.45, 7) is 4.68. The second-order valence-corrected chi connectivity index (χ2v) is 15.8. The van der Waals surface area contributed by atoms with E-state index in [1.54, 1.807) is 0 Å². The Morgan fingerprint density at radius 3 is 1.32 bits per heavy atom. The predicted octanol–water partition coefficient (Wildman–Crippen LogP) is 13.9. The van der Waals surface area contributed by atoms with E-state index in [0.29, 0.717) is 11.6 Å². The van der Waals surface area contributed by atoms with E-state index in [1.165, 1.54) is 33.4 Å². The van der Waals surface area contributed by atoms with Gasteiger partial charge in [-0.1, -0.05) is 196 Å². The van der Waals surface area contributed by atoms with E-state index in [9.17, 15) is 0 Å². The van der Waals surface area contributed by atoms with Crippen LogP contribution in [0.2, 0.25) is 0 Å². The fraction of sp³-hybridized carbons (Fsp3) is 0.0545. The van der Waals surface area contributed by atoms with Crippen molar-refractivity contribution in [3.63, 3.8) is 0 Å². The molecule has 0 aliphatic heterocycles. The van der Waals surface area contributed by atoms with Gasteiger partial charge in [0, 0.05) is 38.4 Å². The van der Waals surface area contributed by atoms with Crippen LogP contribution in [-0.2, 0) is 5.41 Å². The molecule has 0 spiro atoms. The van der Waals surface area contributed by atoms with Crippen LogP contribution >= 0.6 is 0 Å².